The van der Waals surface area contributed by atoms with Crippen molar-refractivity contribution in [3.05, 3.63) is 24.4 Å². The van der Waals surface area contributed by atoms with Gasteiger partial charge in [0.2, 0.25) is 11.8 Å². The maximum absolute atomic E-state index is 12.7. The molecule has 0 unspecified atom stereocenters. The lowest BCUT2D eigenvalue weighted by Gasteiger charge is -2.25. The second-order valence-electron chi connectivity index (χ2n) is 5.89. The first kappa shape index (κ1) is 14.7. The molecule has 0 saturated carbocycles. The van der Waals surface area contributed by atoms with Crippen LogP contribution in [0.5, 0.6) is 0 Å². The minimum absolute atomic E-state index is 0.00361. The van der Waals surface area contributed by atoms with Gasteiger partial charge < -0.3 is 9.42 Å². The number of rotatable bonds is 4. The Balaban J connectivity index is 1.79. The van der Waals surface area contributed by atoms with Crippen LogP contribution in [-0.2, 0) is 4.79 Å². The van der Waals surface area contributed by atoms with E-state index >= 15 is 0 Å². The highest BCUT2D eigenvalue weighted by Crippen LogP contribution is 2.32. The number of carbonyl (C=O) groups excluding carboxylic acids is 1. The van der Waals surface area contributed by atoms with E-state index in [-0.39, 0.29) is 23.9 Å². The highest BCUT2D eigenvalue weighted by molar-refractivity contribution is 5.80. The lowest BCUT2D eigenvalue weighted by molar-refractivity contribution is -0.135. The molecule has 1 saturated heterocycles. The van der Waals surface area contributed by atoms with Crippen LogP contribution >= 0.6 is 0 Å². The minimum atomic E-state index is -0.389. The first-order valence-electron chi connectivity index (χ1n) is 7.56. The van der Waals surface area contributed by atoms with Crippen molar-refractivity contribution in [1.82, 2.24) is 29.8 Å². The molecule has 1 aliphatic heterocycles. The van der Waals surface area contributed by atoms with Crippen LogP contribution in [-0.4, -0.2) is 42.3 Å². The van der Waals surface area contributed by atoms with E-state index in [1.54, 1.807) is 11.0 Å². The SMILES string of the molecule is CC(C)c1nc([C@@H]2CCCN2C(=O)[C@@H](C)n2cncn2)no1. The van der Waals surface area contributed by atoms with Crippen LogP contribution in [0.4, 0.5) is 0 Å². The summed E-state index contributed by atoms with van der Waals surface area (Å²) in [5.41, 5.74) is 0. The molecule has 3 rings (SSSR count). The highest BCUT2D eigenvalue weighted by Gasteiger charge is 2.36. The fraction of sp³-hybridized carbons (Fsp3) is 0.643. The standard InChI is InChI=1S/C14H20N6O2/c1-9(2)13-17-12(18-22-13)11-5-4-6-19(11)14(21)10(3)20-8-15-7-16-20/h7-11H,4-6H2,1-3H3/t10-,11+/m1/s1. The van der Waals surface area contributed by atoms with Crippen LogP contribution in [0.25, 0.3) is 0 Å². The Morgan fingerprint density at radius 2 is 2.23 bits per heavy atom. The molecule has 8 nitrogen and oxygen atoms in total. The molecule has 0 bridgehead atoms. The average Bonchev–Trinajstić information content (AvgIpc) is 3.24. The van der Waals surface area contributed by atoms with Crippen molar-refractivity contribution in [3.63, 3.8) is 0 Å². The van der Waals surface area contributed by atoms with E-state index in [2.05, 4.69) is 20.2 Å². The van der Waals surface area contributed by atoms with E-state index in [9.17, 15) is 4.79 Å². The second-order valence-corrected chi connectivity index (χ2v) is 5.89. The molecule has 2 aromatic rings. The Labute approximate surface area is 128 Å². The molecular weight excluding hydrogens is 284 g/mol. The van der Waals surface area contributed by atoms with E-state index in [4.69, 9.17) is 4.52 Å². The zero-order valence-electron chi connectivity index (χ0n) is 13.0. The molecule has 8 heteroatoms. The smallest absolute Gasteiger partial charge is 0.247 e. The Kier molecular flexibility index (Phi) is 3.91. The predicted octanol–water partition coefficient (Wildman–Crippen LogP) is 1.71. The number of nitrogens with zero attached hydrogens (tertiary/aromatic N) is 6. The van der Waals surface area contributed by atoms with Gasteiger partial charge in [0.05, 0.1) is 6.04 Å². The van der Waals surface area contributed by atoms with Gasteiger partial charge in [-0.1, -0.05) is 19.0 Å². The van der Waals surface area contributed by atoms with Crippen LogP contribution in [0.15, 0.2) is 17.2 Å². The van der Waals surface area contributed by atoms with Gasteiger partial charge in [0.15, 0.2) is 5.82 Å². The second kappa shape index (κ2) is 5.86. The molecule has 0 aromatic carbocycles. The Hall–Kier alpha value is -2.25. The lowest BCUT2D eigenvalue weighted by atomic mass is 10.2. The van der Waals surface area contributed by atoms with Gasteiger partial charge in [-0.25, -0.2) is 9.67 Å². The fourth-order valence-corrected chi connectivity index (χ4v) is 2.69. The molecule has 0 aliphatic carbocycles. The number of hydrogen-bond donors (Lipinski definition) is 0. The quantitative estimate of drug-likeness (QED) is 0.854. The third-order valence-electron chi connectivity index (χ3n) is 3.98. The van der Waals surface area contributed by atoms with E-state index in [0.717, 1.165) is 12.8 Å². The maximum Gasteiger partial charge on any atom is 0.247 e. The van der Waals surface area contributed by atoms with Crippen molar-refractivity contribution in [3.8, 4) is 0 Å². The van der Waals surface area contributed by atoms with Gasteiger partial charge in [0, 0.05) is 12.5 Å². The van der Waals surface area contributed by atoms with Crippen LogP contribution in [0, 0.1) is 0 Å². The summed E-state index contributed by atoms with van der Waals surface area (Å²) in [4.78, 5) is 22.9. The van der Waals surface area contributed by atoms with Crippen molar-refractivity contribution in [2.24, 2.45) is 0 Å². The van der Waals surface area contributed by atoms with Crippen molar-refractivity contribution >= 4 is 5.91 Å². The molecule has 22 heavy (non-hydrogen) atoms. The van der Waals surface area contributed by atoms with Gasteiger partial charge in [0.25, 0.3) is 0 Å². The molecule has 0 radical (unpaired) electrons. The lowest BCUT2D eigenvalue weighted by Crippen LogP contribution is -2.36. The van der Waals surface area contributed by atoms with Gasteiger partial charge in [-0.2, -0.15) is 10.1 Å². The summed E-state index contributed by atoms with van der Waals surface area (Å²) >= 11 is 0. The third-order valence-corrected chi connectivity index (χ3v) is 3.98. The van der Waals surface area contributed by atoms with E-state index < -0.39 is 0 Å². The predicted molar refractivity (Wildman–Crippen MR) is 76.8 cm³/mol. The fourth-order valence-electron chi connectivity index (χ4n) is 2.69. The van der Waals surface area contributed by atoms with E-state index in [1.807, 2.05) is 25.7 Å². The number of amides is 1. The minimum Gasteiger partial charge on any atom is -0.339 e. The number of aromatic nitrogens is 5. The first-order chi connectivity index (χ1) is 10.6. The average molecular weight is 304 g/mol. The first-order valence-corrected chi connectivity index (χ1v) is 7.56. The van der Waals surface area contributed by atoms with Crippen LogP contribution in [0.1, 0.15) is 63.3 Å². The van der Waals surface area contributed by atoms with E-state index in [0.29, 0.717) is 18.3 Å². The Morgan fingerprint density at radius 1 is 1.41 bits per heavy atom. The summed E-state index contributed by atoms with van der Waals surface area (Å²) in [6.07, 6.45) is 4.77. The van der Waals surface area contributed by atoms with Crippen LogP contribution in [0.3, 0.4) is 0 Å². The monoisotopic (exact) mass is 304 g/mol. The van der Waals surface area contributed by atoms with Gasteiger partial charge in [-0.05, 0) is 19.8 Å². The van der Waals surface area contributed by atoms with Crippen molar-refractivity contribution in [1.29, 1.82) is 0 Å². The molecule has 1 aliphatic rings. The summed E-state index contributed by atoms with van der Waals surface area (Å²) in [5, 5.41) is 8.10. The molecule has 0 spiro atoms. The zero-order chi connectivity index (χ0) is 15.7. The number of carbonyl (C=O) groups is 1. The molecular formula is C14H20N6O2. The molecule has 118 valence electrons. The van der Waals surface area contributed by atoms with Gasteiger partial charge in [-0.15, -0.1) is 0 Å². The zero-order valence-corrected chi connectivity index (χ0v) is 13.0. The molecule has 2 atom stereocenters. The van der Waals surface area contributed by atoms with Crippen molar-refractivity contribution < 1.29 is 9.32 Å². The molecule has 1 fully saturated rings. The van der Waals surface area contributed by atoms with Crippen molar-refractivity contribution in [2.45, 2.75) is 51.6 Å². The van der Waals surface area contributed by atoms with Gasteiger partial charge >= 0.3 is 0 Å². The summed E-state index contributed by atoms with van der Waals surface area (Å²) < 4.78 is 6.84. The number of hydrogen-bond acceptors (Lipinski definition) is 6. The molecule has 2 aromatic heterocycles. The van der Waals surface area contributed by atoms with Crippen molar-refractivity contribution in [2.75, 3.05) is 6.54 Å². The normalized spacial score (nSPS) is 19.8. The third kappa shape index (κ3) is 2.60. The molecule has 3 heterocycles. The molecule has 1 amide bonds. The largest absolute Gasteiger partial charge is 0.339 e. The van der Waals surface area contributed by atoms with Crippen LogP contribution in [0.2, 0.25) is 0 Å². The van der Waals surface area contributed by atoms with Crippen LogP contribution < -0.4 is 0 Å². The summed E-state index contributed by atoms with van der Waals surface area (Å²) in [7, 11) is 0. The summed E-state index contributed by atoms with van der Waals surface area (Å²) in [6.45, 7) is 6.53. The summed E-state index contributed by atoms with van der Waals surface area (Å²) in [6, 6.07) is -0.505. The molecule has 0 N–H and O–H groups in total. The number of likely N-dealkylation sites (tertiary alicyclic amines) is 1. The van der Waals surface area contributed by atoms with Gasteiger partial charge in [0.1, 0.15) is 18.7 Å². The van der Waals surface area contributed by atoms with Gasteiger partial charge in [-0.3, -0.25) is 4.79 Å². The Bertz CT molecular complexity index is 636. The van der Waals surface area contributed by atoms with E-state index in [1.165, 1.54) is 6.33 Å². The summed E-state index contributed by atoms with van der Waals surface area (Å²) in [5.74, 6) is 1.39. The topological polar surface area (TPSA) is 89.9 Å². The highest BCUT2D eigenvalue weighted by atomic mass is 16.5. The Morgan fingerprint density at radius 3 is 2.86 bits per heavy atom. The maximum atomic E-state index is 12.7.